The molecule has 0 aromatic carbocycles. The second-order valence-corrected chi connectivity index (χ2v) is 4.06. The summed E-state index contributed by atoms with van der Waals surface area (Å²) < 4.78 is 2.06. The van der Waals surface area contributed by atoms with Gasteiger partial charge in [0.05, 0.1) is 0 Å². The first-order chi connectivity index (χ1) is 6.09. The van der Waals surface area contributed by atoms with Crippen LogP contribution in [0.2, 0.25) is 0 Å². The summed E-state index contributed by atoms with van der Waals surface area (Å²) in [5.41, 5.74) is 1.49. The van der Waals surface area contributed by atoms with E-state index in [9.17, 15) is 0 Å². The molecule has 0 fully saturated rings. The van der Waals surface area contributed by atoms with Crippen LogP contribution in [0.4, 0.5) is 0 Å². The van der Waals surface area contributed by atoms with Crippen molar-refractivity contribution in [2.75, 3.05) is 0 Å². The Morgan fingerprint density at radius 3 is 2.92 bits per heavy atom. The maximum atomic E-state index is 4.25. The fraction of sp³-hybridized carbons (Fsp3) is 0.364. The summed E-state index contributed by atoms with van der Waals surface area (Å²) in [7, 11) is 0. The largest absolute Gasteiger partial charge is 0.307 e. The van der Waals surface area contributed by atoms with Gasteiger partial charge >= 0.3 is 0 Å². The summed E-state index contributed by atoms with van der Waals surface area (Å²) >= 11 is 0. The first kappa shape index (κ1) is 8.30. The zero-order valence-corrected chi connectivity index (χ0v) is 8.28. The molecule has 1 aliphatic rings. The van der Waals surface area contributed by atoms with Gasteiger partial charge in [0.2, 0.25) is 0 Å². The van der Waals surface area contributed by atoms with Crippen molar-refractivity contribution in [1.82, 2.24) is 9.55 Å². The van der Waals surface area contributed by atoms with Crippen molar-refractivity contribution in [2.45, 2.75) is 20.8 Å². The van der Waals surface area contributed by atoms with E-state index >= 15 is 0 Å². The van der Waals surface area contributed by atoms with E-state index in [-0.39, 0.29) is 5.41 Å². The third kappa shape index (κ3) is 1.32. The normalized spacial score (nSPS) is 19.2. The molecule has 13 heavy (non-hydrogen) atoms. The molecule has 0 unspecified atom stereocenters. The van der Waals surface area contributed by atoms with E-state index in [1.54, 1.807) is 0 Å². The molecule has 1 aromatic heterocycles. The molecule has 0 N–H and O–H groups in total. The number of aromatic nitrogens is 2. The molecule has 2 nitrogen and oxygen atoms in total. The van der Waals surface area contributed by atoms with E-state index in [1.807, 2.05) is 12.4 Å². The highest BCUT2D eigenvalue weighted by Gasteiger charge is 2.18. The van der Waals surface area contributed by atoms with Crippen molar-refractivity contribution in [3.8, 4) is 0 Å². The minimum atomic E-state index is 0.140. The third-order valence-electron chi connectivity index (χ3n) is 2.70. The van der Waals surface area contributed by atoms with Crippen LogP contribution in [-0.4, -0.2) is 9.55 Å². The van der Waals surface area contributed by atoms with Crippen LogP contribution in [-0.2, 0) is 0 Å². The molecule has 2 heterocycles. The molecule has 0 radical (unpaired) electrons. The molecular weight excluding hydrogens is 160 g/mol. The molecule has 0 saturated carbocycles. The predicted octanol–water partition coefficient (Wildman–Crippen LogP) is 2.80. The Labute approximate surface area is 78.6 Å². The number of fused-ring (bicyclic) bond motifs is 1. The average Bonchev–Trinajstić information content (AvgIpc) is 2.45. The Balaban J connectivity index is 2.57. The molecule has 0 saturated heterocycles. The fourth-order valence-corrected chi connectivity index (χ4v) is 1.35. The second kappa shape index (κ2) is 2.59. The van der Waals surface area contributed by atoms with Crippen molar-refractivity contribution >= 4 is 12.3 Å². The van der Waals surface area contributed by atoms with Crippen LogP contribution in [0.3, 0.4) is 0 Å². The van der Waals surface area contributed by atoms with E-state index < -0.39 is 0 Å². The smallest absolute Gasteiger partial charge is 0.136 e. The van der Waals surface area contributed by atoms with Crippen molar-refractivity contribution in [2.24, 2.45) is 5.41 Å². The fourth-order valence-electron chi connectivity index (χ4n) is 1.35. The lowest BCUT2D eigenvalue weighted by atomic mass is 9.86. The maximum Gasteiger partial charge on any atom is 0.136 e. The van der Waals surface area contributed by atoms with Crippen LogP contribution < -0.4 is 0 Å². The maximum absolute atomic E-state index is 4.25. The van der Waals surface area contributed by atoms with E-state index in [1.165, 1.54) is 5.57 Å². The number of allylic oxidation sites excluding steroid dienone is 2. The summed E-state index contributed by atoms with van der Waals surface area (Å²) in [6.07, 6.45) is 10.2. The van der Waals surface area contributed by atoms with Crippen molar-refractivity contribution in [3.05, 3.63) is 29.9 Å². The second-order valence-electron chi connectivity index (χ2n) is 4.06. The van der Waals surface area contributed by atoms with Crippen LogP contribution in [0.25, 0.3) is 12.3 Å². The van der Waals surface area contributed by atoms with Crippen LogP contribution >= 0.6 is 0 Å². The topological polar surface area (TPSA) is 17.8 Å². The number of imidazole rings is 1. The van der Waals surface area contributed by atoms with Gasteiger partial charge in [0.1, 0.15) is 5.82 Å². The van der Waals surface area contributed by atoms with E-state index in [0.29, 0.717) is 0 Å². The van der Waals surface area contributed by atoms with Crippen molar-refractivity contribution in [1.29, 1.82) is 0 Å². The van der Waals surface area contributed by atoms with Gasteiger partial charge in [-0.05, 0) is 18.6 Å². The molecule has 0 atom stereocenters. The summed E-state index contributed by atoms with van der Waals surface area (Å²) in [4.78, 5) is 4.25. The third-order valence-corrected chi connectivity index (χ3v) is 2.70. The molecule has 0 spiro atoms. The zero-order chi connectivity index (χ0) is 9.47. The van der Waals surface area contributed by atoms with E-state index in [2.05, 4.69) is 48.7 Å². The van der Waals surface area contributed by atoms with Crippen LogP contribution in [0.15, 0.2) is 24.0 Å². The highest BCUT2D eigenvalue weighted by atomic mass is 15.0. The zero-order valence-electron chi connectivity index (χ0n) is 8.28. The first-order valence-corrected chi connectivity index (χ1v) is 4.50. The SMILES string of the molecule is CC1=Cn2ccnc2C=CC1(C)C. The quantitative estimate of drug-likeness (QED) is 0.591. The molecule has 0 amide bonds. The first-order valence-electron chi connectivity index (χ1n) is 4.50. The predicted molar refractivity (Wildman–Crippen MR) is 55.0 cm³/mol. The molecule has 0 bridgehead atoms. The van der Waals surface area contributed by atoms with Gasteiger partial charge in [-0.3, -0.25) is 0 Å². The molecule has 0 aliphatic carbocycles. The minimum Gasteiger partial charge on any atom is -0.307 e. The Kier molecular flexibility index (Phi) is 1.65. The summed E-state index contributed by atoms with van der Waals surface area (Å²) in [5.74, 6) is 1.00. The summed E-state index contributed by atoms with van der Waals surface area (Å²) in [6.45, 7) is 6.57. The summed E-state index contributed by atoms with van der Waals surface area (Å²) in [6, 6.07) is 0. The molecule has 1 aliphatic heterocycles. The molecule has 2 heteroatoms. The lowest BCUT2D eigenvalue weighted by Gasteiger charge is -2.19. The molecule has 68 valence electrons. The number of hydrogen-bond donors (Lipinski definition) is 0. The van der Waals surface area contributed by atoms with E-state index in [0.717, 1.165) is 5.82 Å². The number of rotatable bonds is 0. The van der Waals surface area contributed by atoms with Crippen LogP contribution in [0, 0.1) is 5.41 Å². The summed E-state index contributed by atoms with van der Waals surface area (Å²) in [5, 5.41) is 0. The average molecular weight is 174 g/mol. The van der Waals surface area contributed by atoms with Crippen molar-refractivity contribution in [3.63, 3.8) is 0 Å². The Hall–Kier alpha value is -1.31. The van der Waals surface area contributed by atoms with Gasteiger partial charge in [-0.15, -0.1) is 0 Å². The molecular formula is C11H14N2. The lowest BCUT2D eigenvalue weighted by Crippen LogP contribution is -2.07. The Bertz CT molecular complexity index is 381. The van der Waals surface area contributed by atoms with E-state index in [4.69, 9.17) is 0 Å². The van der Waals surface area contributed by atoms with Gasteiger partial charge in [0.15, 0.2) is 0 Å². The monoisotopic (exact) mass is 174 g/mol. The Morgan fingerprint density at radius 1 is 1.38 bits per heavy atom. The molecule has 1 aromatic rings. The lowest BCUT2D eigenvalue weighted by molar-refractivity contribution is 0.587. The minimum absolute atomic E-state index is 0.140. The van der Waals surface area contributed by atoms with Gasteiger partial charge in [0.25, 0.3) is 0 Å². The number of hydrogen-bond acceptors (Lipinski definition) is 1. The van der Waals surface area contributed by atoms with Gasteiger partial charge < -0.3 is 4.57 Å². The van der Waals surface area contributed by atoms with Gasteiger partial charge in [0, 0.05) is 24.0 Å². The van der Waals surface area contributed by atoms with Crippen LogP contribution in [0.1, 0.15) is 26.6 Å². The highest BCUT2D eigenvalue weighted by molar-refractivity contribution is 5.53. The Morgan fingerprint density at radius 2 is 2.15 bits per heavy atom. The van der Waals surface area contributed by atoms with Gasteiger partial charge in [-0.1, -0.05) is 19.9 Å². The van der Waals surface area contributed by atoms with Crippen LogP contribution in [0.5, 0.6) is 0 Å². The van der Waals surface area contributed by atoms with Gasteiger partial charge in [-0.2, -0.15) is 0 Å². The van der Waals surface area contributed by atoms with Gasteiger partial charge in [-0.25, -0.2) is 4.98 Å². The molecule has 2 rings (SSSR count). The highest BCUT2D eigenvalue weighted by Crippen LogP contribution is 2.31. The number of nitrogens with zero attached hydrogens (tertiary/aromatic N) is 2. The standard InChI is InChI=1S/C11H14N2/c1-9-8-13-7-6-12-10(13)4-5-11(9,2)3/h4-8H,1-3H3. The van der Waals surface area contributed by atoms with Crippen molar-refractivity contribution < 1.29 is 0 Å².